The number of hydrogen-bond donors (Lipinski definition) is 2. The van der Waals surface area contributed by atoms with E-state index in [2.05, 4.69) is 19.2 Å². The molecule has 0 spiro atoms. The van der Waals surface area contributed by atoms with E-state index in [-0.39, 0.29) is 0 Å². The van der Waals surface area contributed by atoms with E-state index >= 15 is 0 Å². The molecule has 0 saturated carbocycles. The van der Waals surface area contributed by atoms with Crippen LogP contribution < -0.4 is 11.1 Å². The topological polar surface area (TPSA) is 38.0 Å². The molecule has 1 saturated heterocycles. The summed E-state index contributed by atoms with van der Waals surface area (Å²) >= 11 is 0. The van der Waals surface area contributed by atoms with Gasteiger partial charge in [-0.15, -0.1) is 0 Å². The van der Waals surface area contributed by atoms with Gasteiger partial charge in [-0.05, 0) is 50.2 Å². The maximum Gasteiger partial charge on any atom is -0.00203 e. The van der Waals surface area contributed by atoms with Gasteiger partial charge in [-0.3, -0.25) is 0 Å². The second kappa shape index (κ2) is 4.24. The van der Waals surface area contributed by atoms with Crippen LogP contribution in [0.4, 0.5) is 0 Å². The SMILES string of the molecule is CC(C)(CN)CC1CCCNC1. The number of hydrogen-bond acceptors (Lipinski definition) is 2. The van der Waals surface area contributed by atoms with Crippen molar-refractivity contribution in [2.24, 2.45) is 17.1 Å². The van der Waals surface area contributed by atoms with Gasteiger partial charge in [0.25, 0.3) is 0 Å². The Bertz CT molecular complexity index is 126. The molecule has 0 radical (unpaired) electrons. The molecule has 0 amide bonds. The van der Waals surface area contributed by atoms with Crippen molar-refractivity contribution >= 4 is 0 Å². The summed E-state index contributed by atoms with van der Waals surface area (Å²) in [6, 6.07) is 0. The molecule has 1 fully saturated rings. The van der Waals surface area contributed by atoms with Gasteiger partial charge in [-0.1, -0.05) is 13.8 Å². The highest BCUT2D eigenvalue weighted by Gasteiger charge is 2.22. The normalized spacial score (nSPS) is 25.8. The zero-order valence-electron chi connectivity index (χ0n) is 8.40. The Hall–Kier alpha value is -0.0800. The number of piperidine rings is 1. The van der Waals surface area contributed by atoms with Crippen molar-refractivity contribution in [1.82, 2.24) is 5.32 Å². The van der Waals surface area contributed by atoms with Crippen molar-refractivity contribution in [3.8, 4) is 0 Å². The lowest BCUT2D eigenvalue weighted by Gasteiger charge is -2.31. The quantitative estimate of drug-likeness (QED) is 0.671. The lowest BCUT2D eigenvalue weighted by atomic mass is 9.80. The van der Waals surface area contributed by atoms with Crippen molar-refractivity contribution in [2.75, 3.05) is 19.6 Å². The van der Waals surface area contributed by atoms with Crippen LogP contribution >= 0.6 is 0 Å². The molecule has 0 bridgehead atoms. The van der Waals surface area contributed by atoms with Crippen molar-refractivity contribution in [3.05, 3.63) is 0 Å². The van der Waals surface area contributed by atoms with E-state index in [9.17, 15) is 0 Å². The zero-order valence-corrected chi connectivity index (χ0v) is 8.40. The van der Waals surface area contributed by atoms with Crippen LogP contribution in [-0.4, -0.2) is 19.6 Å². The molecule has 0 aromatic carbocycles. The third-order valence-electron chi connectivity index (χ3n) is 2.79. The summed E-state index contributed by atoms with van der Waals surface area (Å²) in [5, 5.41) is 3.44. The highest BCUT2D eigenvalue weighted by Crippen LogP contribution is 2.27. The van der Waals surface area contributed by atoms with Crippen LogP contribution in [0.25, 0.3) is 0 Å². The predicted octanol–water partition coefficient (Wildman–Crippen LogP) is 1.36. The number of nitrogens with one attached hydrogen (secondary N) is 1. The fourth-order valence-corrected chi connectivity index (χ4v) is 1.96. The Kier molecular flexibility index (Phi) is 3.53. The monoisotopic (exact) mass is 170 g/mol. The van der Waals surface area contributed by atoms with E-state index in [1.807, 2.05) is 0 Å². The van der Waals surface area contributed by atoms with E-state index in [4.69, 9.17) is 5.73 Å². The molecule has 3 N–H and O–H groups in total. The van der Waals surface area contributed by atoms with Crippen LogP contribution in [0.2, 0.25) is 0 Å². The largest absolute Gasteiger partial charge is 0.330 e. The molecule has 1 unspecified atom stereocenters. The van der Waals surface area contributed by atoms with Crippen LogP contribution in [0.3, 0.4) is 0 Å². The van der Waals surface area contributed by atoms with Gasteiger partial charge >= 0.3 is 0 Å². The maximum atomic E-state index is 5.70. The van der Waals surface area contributed by atoms with Gasteiger partial charge < -0.3 is 11.1 Å². The third-order valence-corrected chi connectivity index (χ3v) is 2.79. The first-order valence-electron chi connectivity index (χ1n) is 5.05. The second-order valence-electron chi connectivity index (χ2n) is 4.78. The zero-order chi connectivity index (χ0) is 9.03. The lowest BCUT2D eigenvalue weighted by molar-refractivity contribution is 0.239. The molecule has 2 nitrogen and oxygen atoms in total. The minimum atomic E-state index is 0.337. The minimum Gasteiger partial charge on any atom is -0.330 e. The standard InChI is InChI=1S/C10H22N2/c1-10(2,8-11)6-9-4-3-5-12-7-9/h9,12H,3-8,11H2,1-2H3. The molecule has 1 rings (SSSR count). The van der Waals surface area contributed by atoms with Crippen LogP contribution in [0.1, 0.15) is 33.1 Å². The maximum absolute atomic E-state index is 5.70. The summed E-state index contributed by atoms with van der Waals surface area (Å²) in [5.74, 6) is 0.859. The summed E-state index contributed by atoms with van der Waals surface area (Å²) < 4.78 is 0. The van der Waals surface area contributed by atoms with Gasteiger partial charge in [0, 0.05) is 0 Å². The van der Waals surface area contributed by atoms with Crippen LogP contribution in [-0.2, 0) is 0 Å². The molecule has 0 aromatic heterocycles. The first-order chi connectivity index (χ1) is 5.64. The van der Waals surface area contributed by atoms with Crippen LogP contribution in [0, 0.1) is 11.3 Å². The minimum absolute atomic E-state index is 0.337. The van der Waals surface area contributed by atoms with Crippen molar-refractivity contribution < 1.29 is 0 Å². The van der Waals surface area contributed by atoms with E-state index in [0.717, 1.165) is 12.5 Å². The van der Waals surface area contributed by atoms with Crippen LogP contribution in [0.15, 0.2) is 0 Å². The highest BCUT2D eigenvalue weighted by atomic mass is 14.9. The number of nitrogens with two attached hydrogens (primary N) is 1. The summed E-state index contributed by atoms with van der Waals surface area (Å²) in [4.78, 5) is 0. The fourth-order valence-electron chi connectivity index (χ4n) is 1.96. The van der Waals surface area contributed by atoms with Crippen molar-refractivity contribution in [2.45, 2.75) is 33.1 Å². The predicted molar refractivity (Wildman–Crippen MR) is 53.0 cm³/mol. The Labute approximate surface area is 75.9 Å². The van der Waals surface area contributed by atoms with Gasteiger partial charge in [0.05, 0.1) is 0 Å². The smallest absolute Gasteiger partial charge is 0.00203 e. The van der Waals surface area contributed by atoms with Crippen LogP contribution in [0.5, 0.6) is 0 Å². The molecule has 1 aliphatic heterocycles. The van der Waals surface area contributed by atoms with Gasteiger partial charge in [0.15, 0.2) is 0 Å². The van der Waals surface area contributed by atoms with Gasteiger partial charge in [-0.2, -0.15) is 0 Å². The Balaban J connectivity index is 2.28. The third kappa shape index (κ3) is 3.11. The van der Waals surface area contributed by atoms with E-state index < -0.39 is 0 Å². The Morgan fingerprint density at radius 1 is 1.50 bits per heavy atom. The highest BCUT2D eigenvalue weighted by molar-refractivity contribution is 4.77. The molecule has 0 aliphatic carbocycles. The summed E-state index contributed by atoms with van der Waals surface area (Å²) in [6.07, 6.45) is 4.00. The van der Waals surface area contributed by atoms with Gasteiger partial charge in [0.1, 0.15) is 0 Å². The van der Waals surface area contributed by atoms with Gasteiger partial charge in [0.2, 0.25) is 0 Å². The lowest BCUT2D eigenvalue weighted by Crippen LogP contribution is -2.35. The summed E-state index contributed by atoms with van der Waals surface area (Å²) in [5.41, 5.74) is 6.04. The number of rotatable bonds is 3. The fraction of sp³-hybridized carbons (Fsp3) is 1.00. The Morgan fingerprint density at radius 2 is 2.25 bits per heavy atom. The average molecular weight is 170 g/mol. The second-order valence-corrected chi connectivity index (χ2v) is 4.78. The molecular formula is C10H22N2. The van der Waals surface area contributed by atoms with E-state index in [1.54, 1.807) is 0 Å². The molecular weight excluding hydrogens is 148 g/mol. The van der Waals surface area contributed by atoms with E-state index in [1.165, 1.54) is 32.4 Å². The molecule has 1 heterocycles. The van der Waals surface area contributed by atoms with E-state index in [0.29, 0.717) is 5.41 Å². The Morgan fingerprint density at radius 3 is 2.75 bits per heavy atom. The molecule has 1 aliphatic rings. The molecule has 12 heavy (non-hydrogen) atoms. The molecule has 0 aromatic rings. The first-order valence-corrected chi connectivity index (χ1v) is 5.05. The summed E-state index contributed by atoms with van der Waals surface area (Å²) in [7, 11) is 0. The average Bonchev–Trinajstić information content (AvgIpc) is 2.06. The molecule has 1 atom stereocenters. The molecule has 2 heteroatoms. The molecule has 72 valence electrons. The van der Waals surface area contributed by atoms with Gasteiger partial charge in [-0.25, -0.2) is 0 Å². The summed E-state index contributed by atoms with van der Waals surface area (Å²) in [6.45, 7) is 7.75. The first kappa shape index (κ1) is 10.0. The van der Waals surface area contributed by atoms with Crippen molar-refractivity contribution in [3.63, 3.8) is 0 Å². The van der Waals surface area contributed by atoms with Crippen molar-refractivity contribution in [1.29, 1.82) is 0 Å².